The maximum absolute atomic E-state index is 14.0. The first-order valence-corrected chi connectivity index (χ1v) is 6.54. The van der Waals surface area contributed by atoms with Crippen molar-refractivity contribution in [3.05, 3.63) is 70.0 Å². The second-order valence-corrected chi connectivity index (χ2v) is 4.74. The van der Waals surface area contributed by atoms with Crippen LogP contribution in [-0.2, 0) is 0 Å². The zero-order valence-corrected chi connectivity index (χ0v) is 11.5. The molecule has 1 unspecified atom stereocenters. The summed E-state index contributed by atoms with van der Waals surface area (Å²) in [5, 5.41) is 3.20. The number of benzene rings is 2. The van der Waals surface area contributed by atoms with E-state index >= 15 is 0 Å². The molecule has 0 bridgehead atoms. The Morgan fingerprint density at radius 3 is 2.30 bits per heavy atom. The molecule has 0 radical (unpaired) electrons. The van der Waals surface area contributed by atoms with Crippen molar-refractivity contribution < 1.29 is 13.2 Å². The Hall–Kier alpha value is -1.52. The molecule has 0 amide bonds. The van der Waals surface area contributed by atoms with Gasteiger partial charge in [-0.05, 0) is 36.4 Å². The Labute approximate surface area is 120 Å². The second-order valence-electron chi connectivity index (χ2n) is 4.33. The van der Waals surface area contributed by atoms with Crippen molar-refractivity contribution >= 4 is 11.6 Å². The molecule has 0 saturated carbocycles. The van der Waals surface area contributed by atoms with Crippen LogP contribution in [0.4, 0.5) is 13.2 Å². The average Bonchev–Trinajstić information content (AvgIpc) is 2.36. The van der Waals surface area contributed by atoms with Gasteiger partial charge in [-0.2, -0.15) is 0 Å². The minimum absolute atomic E-state index is 0.181. The molecule has 0 aromatic heterocycles. The van der Waals surface area contributed by atoms with Crippen molar-refractivity contribution in [3.63, 3.8) is 0 Å². The molecule has 2 rings (SSSR count). The highest BCUT2D eigenvalue weighted by molar-refractivity contribution is 6.31. The van der Waals surface area contributed by atoms with E-state index in [2.05, 4.69) is 5.32 Å². The van der Waals surface area contributed by atoms with E-state index in [-0.39, 0.29) is 16.1 Å². The van der Waals surface area contributed by atoms with Crippen molar-refractivity contribution in [2.24, 2.45) is 0 Å². The van der Waals surface area contributed by atoms with E-state index in [1.807, 2.05) is 6.92 Å². The first-order chi connectivity index (χ1) is 9.52. The highest BCUT2D eigenvalue weighted by Crippen LogP contribution is 2.31. The third-order valence-electron chi connectivity index (χ3n) is 2.91. The molecule has 0 heterocycles. The van der Waals surface area contributed by atoms with Crippen LogP contribution in [-0.4, -0.2) is 6.54 Å². The number of hydrogen-bond donors (Lipinski definition) is 1. The second kappa shape index (κ2) is 6.29. The van der Waals surface area contributed by atoms with Crippen molar-refractivity contribution in [1.29, 1.82) is 0 Å². The van der Waals surface area contributed by atoms with Gasteiger partial charge in [-0.15, -0.1) is 0 Å². The van der Waals surface area contributed by atoms with Crippen LogP contribution in [0.1, 0.15) is 24.1 Å². The summed E-state index contributed by atoms with van der Waals surface area (Å²) in [6.45, 7) is 2.31. The summed E-state index contributed by atoms with van der Waals surface area (Å²) < 4.78 is 40.7. The van der Waals surface area contributed by atoms with Gasteiger partial charge in [-0.3, -0.25) is 0 Å². The fourth-order valence-electron chi connectivity index (χ4n) is 2.12. The number of halogens is 4. The van der Waals surface area contributed by atoms with Gasteiger partial charge in [-0.25, -0.2) is 13.2 Å². The molecular weight excluding hydrogens is 287 g/mol. The van der Waals surface area contributed by atoms with Crippen LogP contribution in [0, 0.1) is 17.5 Å². The summed E-state index contributed by atoms with van der Waals surface area (Å²) in [6, 6.07) is 6.68. The minimum atomic E-state index is -0.713. The van der Waals surface area contributed by atoms with Crippen LogP contribution < -0.4 is 5.32 Å². The zero-order chi connectivity index (χ0) is 14.7. The molecule has 106 valence electrons. The van der Waals surface area contributed by atoms with E-state index in [9.17, 15) is 13.2 Å². The van der Waals surface area contributed by atoms with E-state index in [0.717, 1.165) is 6.07 Å². The summed E-state index contributed by atoms with van der Waals surface area (Å²) in [6.07, 6.45) is 0. The van der Waals surface area contributed by atoms with Crippen molar-refractivity contribution in [2.75, 3.05) is 6.54 Å². The first-order valence-electron chi connectivity index (χ1n) is 6.16. The normalized spacial score (nSPS) is 12.4. The van der Waals surface area contributed by atoms with E-state index < -0.39 is 23.5 Å². The third-order valence-corrected chi connectivity index (χ3v) is 3.24. The smallest absolute Gasteiger partial charge is 0.129 e. The topological polar surface area (TPSA) is 12.0 Å². The SMILES string of the molecule is CCNC(c1cc(F)cc(F)c1)c1c(F)cccc1Cl. The predicted molar refractivity (Wildman–Crippen MR) is 73.3 cm³/mol. The Bertz CT molecular complexity index is 576. The van der Waals surface area contributed by atoms with E-state index in [0.29, 0.717) is 6.54 Å². The highest BCUT2D eigenvalue weighted by atomic mass is 35.5. The molecule has 0 aliphatic rings. The molecule has 2 aromatic rings. The van der Waals surface area contributed by atoms with Gasteiger partial charge in [0, 0.05) is 16.7 Å². The van der Waals surface area contributed by atoms with Crippen molar-refractivity contribution in [2.45, 2.75) is 13.0 Å². The number of nitrogens with one attached hydrogen (secondary N) is 1. The molecule has 0 spiro atoms. The van der Waals surface area contributed by atoms with Crippen LogP contribution in [0.2, 0.25) is 5.02 Å². The van der Waals surface area contributed by atoms with E-state index in [1.54, 1.807) is 6.07 Å². The molecule has 0 aliphatic heterocycles. The molecular formula is C15H13ClF3N. The molecule has 1 atom stereocenters. The highest BCUT2D eigenvalue weighted by Gasteiger charge is 2.21. The summed E-state index contributed by atoms with van der Waals surface area (Å²) in [7, 11) is 0. The van der Waals surface area contributed by atoms with Gasteiger partial charge in [0.1, 0.15) is 17.5 Å². The monoisotopic (exact) mass is 299 g/mol. The lowest BCUT2D eigenvalue weighted by Gasteiger charge is -2.21. The van der Waals surface area contributed by atoms with Crippen LogP contribution in [0.5, 0.6) is 0 Å². The lowest BCUT2D eigenvalue weighted by Crippen LogP contribution is -2.23. The van der Waals surface area contributed by atoms with Crippen LogP contribution in [0.15, 0.2) is 36.4 Å². The van der Waals surface area contributed by atoms with Crippen LogP contribution >= 0.6 is 11.6 Å². The maximum Gasteiger partial charge on any atom is 0.129 e. The largest absolute Gasteiger partial charge is 0.306 e. The Balaban J connectivity index is 2.56. The number of hydrogen-bond acceptors (Lipinski definition) is 1. The molecule has 0 fully saturated rings. The lowest BCUT2D eigenvalue weighted by atomic mass is 9.97. The molecule has 1 nitrogen and oxygen atoms in total. The Morgan fingerprint density at radius 2 is 1.75 bits per heavy atom. The van der Waals surface area contributed by atoms with Crippen LogP contribution in [0.25, 0.3) is 0 Å². The predicted octanol–water partition coefficient (Wildman–Crippen LogP) is 4.46. The average molecular weight is 300 g/mol. The third kappa shape index (κ3) is 3.14. The van der Waals surface area contributed by atoms with Gasteiger partial charge in [0.05, 0.1) is 6.04 Å². The fraction of sp³-hybridized carbons (Fsp3) is 0.200. The summed E-state index contributed by atoms with van der Waals surface area (Å²) in [4.78, 5) is 0. The lowest BCUT2D eigenvalue weighted by molar-refractivity contribution is 0.543. The zero-order valence-electron chi connectivity index (χ0n) is 10.8. The molecule has 20 heavy (non-hydrogen) atoms. The van der Waals surface area contributed by atoms with E-state index in [4.69, 9.17) is 11.6 Å². The molecule has 0 aliphatic carbocycles. The molecule has 1 N–H and O–H groups in total. The maximum atomic E-state index is 14.0. The fourth-order valence-corrected chi connectivity index (χ4v) is 2.39. The molecule has 2 aromatic carbocycles. The van der Waals surface area contributed by atoms with Gasteiger partial charge < -0.3 is 5.32 Å². The summed E-state index contributed by atoms with van der Waals surface area (Å²) in [5.74, 6) is -1.95. The van der Waals surface area contributed by atoms with Gasteiger partial charge in [0.2, 0.25) is 0 Å². The molecule has 0 saturated heterocycles. The Kier molecular flexibility index (Phi) is 4.68. The summed E-state index contributed by atoms with van der Waals surface area (Å²) >= 11 is 6.02. The van der Waals surface area contributed by atoms with Gasteiger partial charge in [-0.1, -0.05) is 24.6 Å². The number of rotatable bonds is 4. The van der Waals surface area contributed by atoms with Gasteiger partial charge in [0.15, 0.2) is 0 Å². The van der Waals surface area contributed by atoms with Gasteiger partial charge >= 0.3 is 0 Å². The first kappa shape index (κ1) is 14.9. The minimum Gasteiger partial charge on any atom is -0.306 e. The van der Waals surface area contributed by atoms with Crippen molar-refractivity contribution in [3.8, 4) is 0 Å². The standard InChI is InChI=1S/C15H13ClF3N/c1-2-20-15(9-6-10(17)8-11(18)7-9)14-12(16)4-3-5-13(14)19/h3-8,15,20H,2H2,1H3. The van der Waals surface area contributed by atoms with E-state index in [1.165, 1.54) is 24.3 Å². The van der Waals surface area contributed by atoms with Gasteiger partial charge in [0.25, 0.3) is 0 Å². The van der Waals surface area contributed by atoms with Crippen molar-refractivity contribution in [1.82, 2.24) is 5.32 Å². The quantitative estimate of drug-likeness (QED) is 0.879. The molecule has 5 heteroatoms. The summed E-state index contributed by atoms with van der Waals surface area (Å²) in [5.41, 5.74) is 0.470. The van der Waals surface area contributed by atoms with Crippen LogP contribution in [0.3, 0.4) is 0 Å². The Morgan fingerprint density at radius 1 is 1.10 bits per heavy atom.